The lowest BCUT2D eigenvalue weighted by Gasteiger charge is -2.30. The molecule has 124 valence electrons. The Morgan fingerprint density at radius 2 is 1.09 bits per heavy atom. The minimum atomic E-state index is -0.893. The Bertz CT molecular complexity index is 592. The van der Waals surface area contributed by atoms with E-state index in [2.05, 4.69) is 13.8 Å². The van der Waals surface area contributed by atoms with Gasteiger partial charge in [0.15, 0.2) is 12.6 Å². The van der Waals surface area contributed by atoms with Gasteiger partial charge in [0.2, 0.25) is 0 Å². The van der Waals surface area contributed by atoms with Gasteiger partial charge < -0.3 is 19.7 Å². The van der Waals surface area contributed by atoms with Crippen LogP contribution in [0.15, 0.2) is 48.5 Å². The molecule has 0 saturated carbocycles. The zero-order chi connectivity index (χ0) is 17.0. The van der Waals surface area contributed by atoms with Gasteiger partial charge in [0.1, 0.15) is 11.5 Å². The molecule has 0 spiro atoms. The van der Waals surface area contributed by atoms with Gasteiger partial charge in [-0.05, 0) is 26.0 Å². The van der Waals surface area contributed by atoms with Crippen LogP contribution >= 0.6 is 0 Å². The number of aliphatic hydroxyl groups is 2. The monoisotopic (exact) mass is 316 g/mol. The highest BCUT2D eigenvalue weighted by atomic mass is 16.6. The summed E-state index contributed by atoms with van der Waals surface area (Å²) in [4.78, 5) is 0. The van der Waals surface area contributed by atoms with Crippen LogP contribution in [0.1, 0.15) is 38.8 Å². The Kier molecular flexibility index (Phi) is 5.29. The summed E-state index contributed by atoms with van der Waals surface area (Å²) >= 11 is 0. The number of hydrogen-bond donors (Lipinski definition) is 2. The summed E-state index contributed by atoms with van der Waals surface area (Å²) in [5.74, 6) is 1.25. The number of benzene rings is 2. The molecule has 23 heavy (non-hydrogen) atoms. The van der Waals surface area contributed by atoms with E-state index in [0.29, 0.717) is 11.5 Å². The van der Waals surface area contributed by atoms with Crippen molar-refractivity contribution in [3.63, 3.8) is 0 Å². The van der Waals surface area contributed by atoms with Crippen molar-refractivity contribution in [3.05, 3.63) is 59.7 Å². The smallest absolute Gasteiger partial charge is 0.194 e. The van der Waals surface area contributed by atoms with Crippen molar-refractivity contribution in [2.75, 3.05) is 0 Å². The summed E-state index contributed by atoms with van der Waals surface area (Å²) in [6.07, 6.45) is -1.79. The summed E-state index contributed by atoms with van der Waals surface area (Å²) in [5.41, 5.74) is 1.43. The Morgan fingerprint density at radius 3 is 1.43 bits per heavy atom. The average molecular weight is 316 g/mol. The van der Waals surface area contributed by atoms with Crippen molar-refractivity contribution < 1.29 is 19.7 Å². The SMILES string of the molecule is CC(O)Oc1ccccc1C(C)(C)c1ccccc1OC(C)O. The van der Waals surface area contributed by atoms with Crippen molar-refractivity contribution in [1.29, 1.82) is 0 Å². The zero-order valence-corrected chi connectivity index (χ0v) is 14.0. The molecule has 4 nitrogen and oxygen atoms in total. The molecule has 2 aromatic carbocycles. The topological polar surface area (TPSA) is 58.9 Å². The van der Waals surface area contributed by atoms with Gasteiger partial charge in [-0.15, -0.1) is 0 Å². The molecule has 2 rings (SSSR count). The van der Waals surface area contributed by atoms with E-state index in [-0.39, 0.29) is 0 Å². The number of para-hydroxylation sites is 2. The van der Waals surface area contributed by atoms with Gasteiger partial charge in [-0.2, -0.15) is 0 Å². The molecule has 0 saturated heterocycles. The van der Waals surface area contributed by atoms with Gasteiger partial charge >= 0.3 is 0 Å². The van der Waals surface area contributed by atoms with Crippen molar-refractivity contribution in [3.8, 4) is 11.5 Å². The zero-order valence-electron chi connectivity index (χ0n) is 14.0. The van der Waals surface area contributed by atoms with Crippen LogP contribution in [-0.2, 0) is 5.41 Å². The normalized spacial score (nSPS) is 14.2. The van der Waals surface area contributed by atoms with E-state index < -0.39 is 18.0 Å². The molecule has 2 N–H and O–H groups in total. The van der Waals surface area contributed by atoms with Gasteiger partial charge in [-0.3, -0.25) is 0 Å². The summed E-state index contributed by atoms with van der Waals surface area (Å²) < 4.78 is 11.1. The lowest BCUT2D eigenvalue weighted by atomic mass is 9.77. The number of rotatable bonds is 6. The quantitative estimate of drug-likeness (QED) is 0.802. The van der Waals surface area contributed by atoms with E-state index in [1.165, 1.54) is 0 Å². The summed E-state index contributed by atoms with van der Waals surface area (Å²) in [5, 5.41) is 19.1. The fraction of sp³-hybridized carbons (Fsp3) is 0.368. The molecular formula is C19H24O4. The Balaban J connectivity index is 2.51. The van der Waals surface area contributed by atoms with E-state index in [0.717, 1.165) is 11.1 Å². The first-order valence-corrected chi connectivity index (χ1v) is 7.71. The maximum Gasteiger partial charge on any atom is 0.194 e. The molecule has 0 aliphatic carbocycles. The van der Waals surface area contributed by atoms with Crippen molar-refractivity contribution in [2.45, 2.75) is 45.7 Å². The van der Waals surface area contributed by atoms with Gasteiger partial charge in [0.05, 0.1) is 0 Å². The molecule has 0 aromatic heterocycles. The summed E-state index contributed by atoms with van der Waals surface area (Å²) in [6.45, 7) is 7.27. The first-order valence-electron chi connectivity index (χ1n) is 7.71. The Labute approximate surface area is 137 Å². The van der Waals surface area contributed by atoms with Crippen LogP contribution < -0.4 is 9.47 Å². The predicted molar refractivity (Wildman–Crippen MR) is 89.6 cm³/mol. The van der Waals surface area contributed by atoms with Crippen LogP contribution in [0.5, 0.6) is 11.5 Å². The third-order valence-corrected chi connectivity index (χ3v) is 3.72. The highest BCUT2D eigenvalue weighted by Crippen LogP contribution is 2.41. The van der Waals surface area contributed by atoms with Gasteiger partial charge in [0.25, 0.3) is 0 Å². The van der Waals surface area contributed by atoms with Crippen molar-refractivity contribution in [1.82, 2.24) is 0 Å². The molecule has 0 heterocycles. The van der Waals surface area contributed by atoms with Crippen LogP contribution in [0, 0.1) is 0 Å². The lowest BCUT2D eigenvalue weighted by Crippen LogP contribution is -2.23. The Morgan fingerprint density at radius 1 is 0.739 bits per heavy atom. The second kappa shape index (κ2) is 7.02. The first kappa shape index (κ1) is 17.3. The lowest BCUT2D eigenvalue weighted by molar-refractivity contribution is -0.00228. The van der Waals surface area contributed by atoms with Crippen molar-refractivity contribution >= 4 is 0 Å². The molecule has 2 unspecified atom stereocenters. The molecule has 0 bridgehead atoms. The van der Waals surface area contributed by atoms with Crippen LogP contribution in [0.3, 0.4) is 0 Å². The first-order chi connectivity index (χ1) is 10.8. The fourth-order valence-corrected chi connectivity index (χ4v) is 2.68. The number of aliphatic hydroxyl groups excluding tert-OH is 2. The van der Waals surface area contributed by atoms with E-state index in [1.807, 2.05) is 48.5 Å². The molecule has 2 aromatic rings. The second-order valence-electron chi connectivity index (χ2n) is 6.05. The number of ether oxygens (including phenoxy) is 2. The molecule has 2 atom stereocenters. The third kappa shape index (κ3) is 4.03. The van der Waals surface area contributed by atoms with Crippen LogP contribution in [0.2, 0.25) is 0 Å². The number of hydrogen-bond acceptors (Lipinski definition) is 4. The molecule has 0 aliphatic heterocycles. The fourth-order valence-electron chi connectivity index (χ4n) is 2.68. The molecule has 0 radical (unpaired) electrons. The minimum Gasteiger partial charge on any atom is -0.465 e. The van der Waals surface area contributed by atoms with Gasteiger partial charge in [0, 0.05) is 16.5 Å². The second-order valence-corrected chi connectivity index (χ2v) is 6.05. The van der Waals surface area contributed by atoms with Gasteiger partial charge in [-0.25, -0.2) is 0 Å². The summed E-state index contributed by atoms with van der Waals surface area (Å²) in [6, 6.07) is 15.2. The standard InChI is InChI=1S/C19H24O4/c1-13(20)22-17-11-7-5-9-15(17)19(3,4)16-10-6-8-12-18(16)23-14(2)21/h5-14,20-21H,1-4H3. The maximum absolute atomic E-state index is 9.56. The minimum absolute atomic E-state index is 0.434. The molecule has 0 aliphatic rings. The van der Waals surface area contributed by atoms with Crippen LogP contribution in [-0.4, -0.2) is 22.8 Å². The largest absolute Gasteiger partial charge is 0.465 e. The Hall–Kier alpha value is -2.04. The molecule has 0 amide bonds. The maximum atomic E-state index is 9.56. The molecule has 0 fully saturated rings. The third-order valence-electron chi connectivity index (χ3n) is 3.72. The van der Waals surface area contributed by atoms with Crippen LogP contribution in [0.25, 0.3) is 0 Å². The van der Waals surface area contributed by atoms with Crippen LogP contribution in [0.4, 0.5) is 0 Å². The average Bonchev–Trinajstić information content (AvgIpc) is 2.46. The van der Waals surface area contributed by atoms with Gasteiger partial charge in [-0.1, -0.05) is 50.2 Å². The van der Waals surface area contributed by atoms with E-state index in [4.69, 9.17) is 9.47 Å². The van der Waals surface area contributed by atoms with Crippen molar-refractivity contribution in [2.24, 2.45) is 0 Å². The van der Waals surface area contributed by atoms with E-state index in [1.54, 1.807) is 13.8 Å². The summed E-state index contributed by atoms with van der Waals surface area (Å²) in [7, 11) is 0. The molecule has 4 heteroatoms. The highest BCUT2D eigenvalue weighted by molar-refractivity contribution is 5.50. The van der Waals surface area contributed by atoms with E-state index in [9.17, 15) is 10.2 Å². The van der Waals surface area contributed by atoms with E-state index >= 15 is 0 Å². The predicted octanol–water partition coefficient (Wildman–Crippen LogP) is 3.45. The highest BCUT2D eigenvalue weighted by Gasteiger charge is 2.30. The molecular weight excluding hydrogens is 292 g/mol.